The molecule has 108 valence electrons. The second kappa shape index (κ2) is 7.02. The van der Waals surface area contributed by atoms with Crippen LogP contribution in [-0.2, 0) is 0 Å². The first-order valence-electron chi connectivity index (χ1n) is 5.59. The number of hydrogen-bond acceptors (Lipinski definition) is 4. The Morgan fingerprint density at radius 2 is 2.37 bits per heavy atom. The van der Waals surface area contributed by atoms with Gasteiger partial charge in [-0.15, -0.1) is 23.7 Å². The lowest BCUT2D eigenvalue weighted by atomic mass is 10.2. The molecule has 19 heavy (non-hydrogen) atoms. The fourth-order valence-corrected chi connectivity index (χ4v) is 2.74. The van der Waals surface area contributed by atoms with Crippen LogP contribution in [-0.4, -0.2) is 43.6 Å². The van der Waals surface area contributed by atoms with Crippen LogP contribution in [0.1, 0.15) is 16.1 Å². The van der Waals surface area contributed by atoms with Gasteiger partial charge in [0, 0.05) is 19.6 Å². The van der Waals surface area contributed by atoms with Crippen molar-refractivity contribution in [1.82, 2.24) is 10.2 Å². The molecule has 0 spiro atoms. The first-order chi connectivity index (χ1) is 8.59. The highest BCUT2D eigenvalue weighted by atomic mass is 35.5. The summed E-state index contributed by atoms with van der Waals surface area (Å²) in [6.45, 7) is -1.31. The van der Waals surface area contributed by atoms with E-state index in [2.05, 4.69) is 10.1 Å². The molecule has 8 heteroatoms. The van der Waals surface area contributed by atoms with Crippen LogP contribution in [0.5, 0.6) is 5.75 Å². The third-order valence-electron chi connectivity index (χ3n) is 2.94. The molecule has 1 amide bonds. The standard InChI is InChI=1S/C11H14F2N2O2S.ClH/c1-15(7-2-4-14-6-7)10(16)9-8(3-5-18-9)17-11(12)13;/h3,5,7,11,14H,2,4,6H2,1H3;1H. The number of alkyl halides is 2. The molecule has 2 heterocycles. The average Bonchev–Trinajstić information content (AvgIpc) is 2.96. The van der Waals surface area contributed by atoms with Crippen LogP contribution >= 0.6 is 23.7 Å². The van der Waals surface area contributed by atoms with Crippen molar-refractivity contribution in [1.29, 1.82) is 0 Å². The van der Waals surface area contributed by atoms with Crippen molar-refractivity contribution in [2.75, 3.05) is 20.1 Å². The van der Waals surface area contributed by atoms with Gasteiger partial charge in [0.25, 0.3) is 5.91 Å². The molecule has 0 aliphatic carbocycles. The van der Waals surface area contributed by atoms with Gasteiger partial charge >= 0.3 is 6.61 Å². The third-order valence-corrected chi connectivity index (χ3v) is 3.83. The summed E-state index contributed by atoms with van der Waals surface area (Å²) >= 11 is 1.12. The Labute approximate surface area is 120 Å². The van der Waals surface area contributed by atoms with E-state index in [1.807, 2.05) is 0 Å². The molecule has 1 unspecified atom stereocenters. The predicted octanol–water partition coefficient (Wildman–Crippen LogP) is 2.21. The van der Waals surface area contributed by atoms with E-state index < -0.39 is 6.61 Å². The summed E-state index contributed by atoms with van der Waals surface area (Å²) in [7, 11) is 1.69. The number of amides is 1. The zero-order valence-corrected chi connectivity index (χ0v) is 11.9. The average molecular weight is 313 g/mol. The number of nitrogens with zero attached hydrogens (tertiary/aromatic N) is 1. The quantitative estimate of drug-likeness (QED) is 0.927. The van der Waals surface area contributed by atoms with Gasteiger partial charge in [-0.2, -0.15) is 8.78 Å². The van der Waals surface area contributed by atoms with Crippen LogP contribution in [0.25, 0.3) is 0 Å². The largest absolute Gasteiger partial charge is 0.433 e. The van der Waals surface area contributed by atoms with Crippen LogP contribution < -0.4 is 10.1 Å². The van der Waals surface area contributed by atoms with E-state index in [0.29, 0.717) is 0 Å². The Balaban J connectivity index is 0.00000180. The number of thiophene rings is 1. The Bertz CT molecular complexity index is 425. The number of ether oxygens (including phenoxy) is 1. The summed E-state index contributed by atoms with van der Waals surface area (Å²) in [5.41, 5.74) is 0. The molecule has 0 saturated carbocycles. The topological polar surface area (TPSA) is 41.6 Å². The molecular formula is C11H15ClF2N2O2S. The fraction of sp³-hybridized carbons (Fsp3) is 0.545. The van der Waals surface area contributed by atoms with Crippen LogP contribution in [0.3, 0.4) is 0 Å². The maximum atomic E-state index is 12.2. The number of likely N-dealkylation sites (N-methyl/N-ethyl adjacent to an activating group) is 1. The lowest BCUT2D eigenvalue weighted by Gasteiger charge is -2.23. The molecule has 1 aromatic heterocycles. The summed E-state index contributed by atoms with van der Waals surface area (Å²) in [6, 6.07) is 1.50. The van der Waals surface area contributed by atoms with Gasteiger partial charge in [0.15, 0.2) is 0 Å². The molecule has 1 aliphatic heterocycles. The van der Waals surface area contributed by atoms with E-state index in [-0.39, 0.29) is 35.0 Å². The molecule has 0 bridgehead atoms. The van der Waals surface area contributed by atoms with Crippen molar-refractivity contribution >= 4 is 29.7 Å². The van der Waals surface area contributed by atoms with E-state index in [1.54, 1.807) is 17.3 Å². The molecule has 1 N–H and O–H groups in total. The molecule has 1 saturated heterocycles. The zero-order valence-electron chi connectivity index (χ0n) is 10.3. The summed E-state index contributed by atoms with van der Waals surface area (Å²) in [5, 5.41) is 4.73. The maximum Gasteiger partial charge on any atom is 0.387 e. The van der Waals surface area contributed by atoms with Gasteiger partial charge in [-0.1, -0.05) is 0 Å². The first-order valence-corrected chi connectivity index (χ1v) is 6.47. The normalized spacial score (nSPS) is 18.2. The molecule has 1 atom stereocenters. The number of rotatable bonds is 4. The van der Waals surface area contributed by atoms with Gasteiger partial charge in [0.1, 0.15) is 10.6 Å². The highest BCUT2D eigenvalue weighted by molar-refractivity contribution is 7.12. The monoisotopic (exact) mass is 312 g/mol. The lowest BCUT2D eigenvalue weighted by molar-refractivity contribution is -0.0499. The SMILES string of the molecule is CN(C(=O)c1sccc1OC(F)F)C1CCNC1.Cl. The van der Waals surface area contributed by atoms with E-state index in [1.165, 1.54) is 6.07 Å². The minimum atomic E-state index is -2.91. The maximum absolute atomic E-state index is 12.2. The Hall–Kier alpha value is -0.920. The van der Waals surface area contributed by atoms with Crippen LogP contribution in [0, 0.1) is 0 Å². The van der Waals surface area contributed by atoms with E-state index in [4.69, 9.17) is 0 Å². The van der Waals surface area contributed by atoms with Crippen LogP contribution in [0.4, 0.5) is 8.78 Å². The zero-order chi connectivity index (χ0) is 13.1. The predicted molar refractivity (Wildman–Crippen MR) is 71.6 cm³/mol. The first kappa shape index (κ1) is 16.1. The number of halogens is 3. The summed E-state index contributed by atoms with van der Waals surface area (Å²) in [6.07, 6.45) is 0.874. The van der Waals surface area contributed by atoms with Gasteiger partial charge in [-0.05, 0) is 24.4 Å². The van der Waals surface area contributed by atoms with Crippen LogP contribution in [0.15, 0.2) is 11.4 Å². The second-order valence-corrected chi connectivity index (χ2v) is 4.97. The molecule has 1 fully saturated rings. The molecule has 1 aliphatic rings. The van der Waals surface area contributed by atoms with E-state index in [0.717, 1.165) is 30.8 Å². The van der Waals surface area contributed by atoms with Gasteiger partial charge in [0.05, 0.1) is 0 Å². The minimum absolute atomic E-state index is 0. The molecule has 0 radical (unpaired) electrons. The highest BCUT2D eigenvalue weighted by Gasteiger charge is 2.27. The number of carbonyl (C=O) groups is 1. The van der Waals surface area contributed by atoms with Crippen molar-refractivity contribution in [3.8, 4) is 5.75 Å². The fourth-order valence-electron chi connectivity index (χ4n) is 1.94. The van der Waals surface area contributed by atoms with Gasteiger partial charge in [-0.25, -0.2) is 0 Å². The van der Waals surface area contributed by atoms with E-state index in [9.17, 15) is 13.6 Å². The molecule has 4 nitrogen and oxygen atoms in total. The van der Waals surface area contributed by atoms with Crippen molar-refractivity contribution in [3.05, 3.63) is 16.3 Å². The van der Waals surface area contributed by atoms with Crippen molar-refractivity contribution in [2.45, 2.75) is 19.1 Å². The van der Waals surface area contributed by atoms with Crippen molar-refractivity contribution in [3.63, 3.8) is 0 Å². The Morgan fingerprint density at radius 3 is 2.95 bits per heavy atom. The molecule has 2 rings (SSSR count). The van der Waals surface area contributed by atoms with Gasteiger partial charge < -0.3 is 15.0 Å². The summed E-state index contributed by atoms with van der Waals surface area (Å²) in [5.74, 6) is -0.313. The van der Waals surface area contributed by atoms with Gasteiger partial charge in [0.2, 0.25) is 0 Å². The highest BCUT2D eigenvalue weighted by Crippen LogP contribution is 2.28. The van der Waals surface area contributed by atoms with Crippen molar-refractivity contribution in [2.24, 2.45) is 0 Å². The van der Waals surface area contributed by atoms with E-state index >= 15 is 0 Å². The Kier molecular flexibility index (Phi) is 5.96. The second-order valence-electron chi connectivity index (χ2n) is 4.06. The summed E-state index contributed by atoms with van der Waals surface area (Å²) in [4.78, 5) is 14.0. The number of hydrogen-bond donors (Lipinski definition) is 1. The minimum Gasteiger partial charge on any atom is -0.433 e. The number of carbonyl (C=O) groups excluding carboxylic acids is 1. The van der Waals surface area contributed by atoms with Gasteiger partial charge in [-0.3, -0.25) is 4.79 Å². The molecule has 0 aromatic carbocycles. The van der Waals surface area contributed by atoms with Crippen LogP contribution in [0.2, 0.25) is 0 Å². The third kappa shape index (κ3) is 3.77. The number of nitrogens with one attached hydrogen (secondary N) is 1. The smallest absolute Gasteiger partial charge is 0.387 e. The van der Waals surface area contributed by atoms with Crippen molar-refractivity contribution < 1.29 is 18.3 Å². The Morgan fingerprint density at radius 1 is 1.63 bits per heavy atom. The molecule has 1 aromatic rings. The lowest BCUT2D eigenvalue weighted by Crippen LogP contribution is -2.38. The molecular weight excluding hydrogens is 298 g/mol. The summed E-state index contributed by atoms with van der Waals surface area (Å²) < 4.78 is 28.7.